The van der Waals surface area contributed by atoms with Crippen LogP contribution < -0.4 is 10.1 Å². The van der Waals surface area contributed by atoms with Gasteiger partial charge < -0.3 is 15.0 Å². The molecule has 2 aliphatic heterocycles. The van der Waals surface area contributed by atoms with Crippen LogP contribution in [0.25, 0.3) is 0 Å². The van der Waals surface area contributed by atoms with Crippen LogP contribution in [0.5, 0.6) is 5.75 Å². The first kappa shape index (κ1) is 19.0. The molecular formula is C22H22FN3O3. The molecule has 0 saturated heterocycles. The highest BCUT2D eigenvalue weighted by molar-refractivity contribution is 6.01. The third kappa shape index (κ3) is 3.55. The van der Waals surface area contributed by atoms with Gasteiger partial charge in [-0.3, -0.25) is 9.69 Å². The normalized spacial score (nSPS) is 18.8. The Labute approximate surface area is 168 Å². The fourth-order valence-electron chi connectivity index (χ4n) is 3.73. The maximum absolute atomic E-state index is 13.2. The molecule has 2 aromatic carbocycles. The van der Waals surface area contributed by atoms with Crippen LogP contribution in [-0.4, -0.2) is 41.9 Å². The first-order chi connectivity index (χ1) is 14.0. The first-order valence-electron chi connectivity index (χ1n) is 9.51. The quantitative estimate of drug-likeness (QED) is 0.846. The largest absolute Gasteiger partial charge is 0.494 e. The molecule has 6 nitrogen and oxygen atoms in total. The number of benzene rings is 2. The molecular weight excluding hydrogens is 373 g/mol. The SMILES string of the molecule is CCOc1ccc([C@@H]2NC(=O)N(C)C3=C2C(=O)N(Cc2ccc(F)cc2)C3)cc1. The van der Waals surface area contributed by atoms with E-state index in [0.717, 1.165) is 16.9 Å². The van der Waals surface area contributed by atoms with Crippen molar-refractivity contribution in [1.82, 2.24) is 15.1 Å². The number of halogens is 1. The summed E-state index contributed by atoms with van der Waals surface area (Å²) in [6.45, 7) is 3.17. The zero-order chi connectivity index (χ0) is 20.5. The lowest BCUT2D eigenvalue weighted by atomic mass is 9.95. The van der Waals surface area contributed by atoms with Gasteiger partial charge in [0, 0.05) is 13.6 Å². The number of amides is 3. The summed E-state index contributed by atoms with van der Waals surface area (Å²) in [6.07, 6.45) is 0. The van der Waals surface area contributed by atoms with Gasteiger partial charge in [-0.2, -0.15) is 0 Å². The van der Waals surface area contributed by atoms with Crippen molar-refractivity contribution in [3.05, 3.63) is 76.7 Å². The number of carbonyl (C=O) groups is 2. The maximum atomic E-state index is 13.2. The number of hydrogen-bond donors (Lipinski definition) is 1. The molecule has 3 amide bonds. The summed E-state index contributed by atoms with van der Waals surface area (Å²) in [5, 5.41) is 2.92. The fraction of sp³-hybridized carbons (Fsp3) is 0.273. The molecule has 29 heavy (non-hydrogen) atoms. The van der Waals surface area contributed by atoms with Crippen LogP contribution >= 0.6 is 0 Å². The molecule has 1 atom stereocenters. The van der Waals surface area contributed by atoms with E-state index in [-0.39, 0.29) is 17.8 Å². The number of urea groups is 1. The highest BCUT2D eigenvalue weighted by Crippen LogP contribution is 2.36. The second-order valence-corrected chi connectivity index (χ2v) is 7.09. The van der Waals surface area contributed by atoms with E-state index in [0.29, 0.717) is 31.0 Å². The van der Waals surface area contributed by atoms with Crippen LogP contribution in [0.4, 0.5) is 9.18 Å². The maximum Gasteiger partial charge on any atom is 0.322 e. The summed E-state index contributed by atoms with van der Waals surface area (Å²) in [4.78, 5) is 28.9. The summed E-state index contributed by atoms with van der Waals surface area (Å²) >= 11 is 0. The van der Waals surface area contributed by atoms with Crippen LogP contribution in [0.15, 0.2) is 59.8 Å². The number of hydrogen-bond acceptors (Lipinski definition) is 3. The highest BCUT2D eigenvalue weighted by Gasteiger charge is 2.42. The molecule has 0 saturated carbocycles. The van der Waals surface area contributed by atoms with Crippen molar-refractivity contribution in [3.63, 3.8) is 0 Å². The second-order valence-electron chi connectivity index (χ2n) is 7.09. The summed E-state index contributed by atoms with van der Waals surface area (Å²) < 4.78 is 18.7. The van der Waals surface area contributed by atoms with Crippen molar-refractivity contribution in [1.29, 1.82) is 0 Å². The van der Waals surface area contributed by atoms with E-state index in [1.807, 2.05) is 31.2 Å². The summed E-state index contributed by atoms with van der Waals surface area (Å²) in [6, 6.07) is 12.7. The molecule has 0 bridgehead atoms. The van der Waals surface area contributed by atoms with Gasteiger partial charge in [-0.05, 0) is 42.3 Å². The van der Waals surface area contributed by atoms with Gasteiger partial charge in [-0.25, -0.2) is 9.18 Å². The average Bonchev–Trinajstić information content (AvgIpc) is 3.04. The molecule has 0 fully saturated rings. The number of rotatable bonds is 5. The number of ether oxygens (including phenoxy) is 1. The molecule has 1 N–H and O–H groups in total. The van der Waals surface area contributed by atoms with Crippen molar-refractivity contribution in [2.45, 2.75) is 19.5 Å². The van der Waals surface area contributed by atoms with E-state index in [1.54, 1.807) is 24.1 Å². The molecule has 2 heterocycles. The van der Waals surface area contributed by atoms with Gasteiger partial charge in [-0.1, -0.05) is 24.3 Å². The van der Waals surface area contributed by atoms with Crippen molar-refractivity contribution in [2.75, 3.05) is 20.2 Å². The van der Waals surface area contributed by atoms with E-state index < -0.39 is 6.04 Å². The van der Waals surface area contributed by atoms with Gasteiger partial charge >= 0.3 is 6.03 Å². The number of nitrogens with zero attached hydrogens (tertiary/aromatic N) is 2. The highest BCUT2D eigenvalue weighted by atomic mass is 19.1. The topological polar surface area (TPSA) is 61.9 Å². The number of nitrogens with one attached hydrogen (secondary N) is 1. The molecule has 0 aromatic heterocycles. The standard InChI is InChI=1S/C22H22FN3O3/c1-3-29-17-10-6-15(7-11-17)20-19-18(25(2)22(28)24-20)13-26(21(19)27)12-14-4-8-16(23)9-5-14/h4-11,20H,3,12-13H2,1-2H3,(H,24,28)/t20-/m0/s1. The Hall–Kier alpha value is -3.35. The van der Waals surface area contributed by atoms with Crippen LogP contribution in [0.2, 0.25) is 0 Å². The van der Waals surface area contributed by atoms with Gasteiger partial charge in [0.05, 0.1) is 30.5 Å². The van der Waals surface area contributed by atoms with Gasteiger partial charge in [0.2, 0.25) is 0 Å². The molecule has 4 rings (SSSR count). The Morgan fingerprint density at radius 2 is 1.79 bits per heavy atom. The van der Waals surface area contributed by atoms with Gasteiger partial charge in [0.15, 0.2) is 0 Å². The van der Waals surface area contributed by atoms with Crippen LogP contribution in [0, 0.1) is 5.82 Å². The van der Waals surface area contributed by atoms with E-state index in [9.17, 15) is 14.0 Å². The van der Waals surface area contributed by atoms with Crippen molar-refractivity contribution < 1.29 is 18.7 Å². The zero-order valence-corrected chi connectivity index (χ0v) is 16.3. The van der Waals surface area contributed by atoms with Crippen LogP contribution in [0.1, 0.15) is 24.1 Å². The Balaban J connectivity index is 1.62. The monoisotopic (exact) mass is 395 g/mol. The Bertz CT molecular complexity index is 970. The van der Waals surface area contributed by atoms with Crippen LogP contribution in [0.3, 0.4) is 0 Å². The van der Waals surface area contributed by atoms with Gasteiger partial charge in [0.25, 0.3) is 5.91 Å². The second kappa shape index (κ2) is 7.58. The van der Waals surface area contributed by atoms with Gasteiger partial charge in [0.1, 0.15) is 11.6 Å². The van der Waals surface area contributed by atoms with Crippen molar-refractivity contribution in [2.24, 2.45) is 0 Å². The molecule has 0 radical (unpaired) electrons. The van der Waals surface area contributed by atoms with E-state index in [4.69, 9.17) is 4.74 Å². The summed E-state index contributed by atoms with van der Waals surface area (Å²) in [5.41, 5.74) is 2.91. The molecule has 150 valence electrons. The van der Waals surface area contributed by atoms with E-state index in [2.05, 4.69) is 5.32 Å². The first-order valence-corrected chi connectivity index (χ1v) is 9.51. The number of likely N-dealkylation sites (N-methyl/N-ethyl adjacent to an activating group) is 1. The van der Waals surface area contributed by atoms with Crippen molar-refractivity contribution in [3.8, 4) is 5.75 Å². The lowest BCUT2D eigenvalue weighted by Gasteiger charge is -2.31. The minimum atomic E-state index is -0.518. The van der Waals surface area contributed by atoms with E-state index >= 15 is 0 Å². The lowest BCUT2D eigenvalue weighted by molar-refractivity contribution is -0.126. The minimum absolute atomic E-state index is 0.130. The van der Waals surface area contributed by atoms with Crippen molar-refractivity contribution >= 4 is 11.9 Å². The fourth-order valence-corrected chi connectivity index (χ4v) is 3.73. The molecule has 0 aliphatic carbocycles. The third-order valence-electron chi connectivity index (χ3n) is 5.25. The average molecular weight is 395 g/mol. The van der Waals surface area contributed by atoms with Gasteiger partial charge in [-0.15, -0.1) is 0 Å². The molecule has 7 heteroatoms. The Morgan fingerprint density at radius 3 is 2.45 bits per heavy atom. The smallest absolute Gasteiger partial charge is 0.322 e. The third-order valence-corrected chi connectivity index (χ3v) is 5.25. The van der Waals surface area contributed by atoms with Crippen LogP contribution in [-0.2, 0) is 11.3 Å². The Kier molecular flexibility index (Phi) is 4.96. The molecule has 0 unspecified atom stereocenters. The molecule has 0 spiro atoms. The lowest BCUT2D eigenvalue weighted by Crippen LogP contribution is -2.45. The number of carbonyl (C=O) groups excluding carboxylic acids is 2. The minimum Gasteiger partial charge on any atom is -0.494 e. The molecule has 2 aliphatic rings. The van der Waals surface area contributed by atoms with E-state index in [1.165, 1.54) is 17.0 Å². The molecule has 2 aromatic rings. The predicted molar refractivity (Wildman–Crippen MR) is 105 cm³/mol. The summed E-state index contributed by atoms with van der Waals surface area (Å²) in [7, 11) is 1.66. The predicted octanol–water partition coefficient (Wildman–Crippen LogP) is 3.22. The summed E-state index contributed by atoms with van der Waals surface area (Å²) in [5.74, 6) is 0.291. The zero-order valence-electron chi connectivity index (χ0n) is 16.3. The Morgan fingerprint density at radius 1 is 1.10 bits per heavy atom.